The van der Waals surface area contributed by atoms with Gasteiger partial charge in [-0.3, -0.25) is 0 Å². The lowest BCUT2D eigenvalue weighted by Crippen LogP contribution is -2.05. The maximum absolute atomic E-state index is 12.4. The van der Waals surface area contributed by atoms with E-state index in [0.29, 0.717) is 5.56 Å². The molecule has 1 N–H and O–H groups in total. The van der Waals surface area contributed by atoms with Crippen molar-refractivity contribution in [3.05, 3.63) is 29.8 Å². The molecule has 0 amide bonds. The van der Waals surface area contributed by atoms with Crippen molar-refractivity contribution in [2.24, 2.45) is 0 Å². The summed E-state index contributed by atoms with van der Waals surface area (Å²) in [6.45, 7) is 0. The molecule has 2 aromatic rings. The predicted molar refractivity (Wildman–Crippen MR) is 57.6 cm³/mol. The maximum Gasteiger partial charge on any atom is 0.416 e. The number of anilines is 1. The van der Waals surface area contributed by atoms with Crippen LogP contribution in [0.5, 0.6) is 0 Å². The average molecular weight is 255 g/mol. The molecule has 1 aromatic carbocycles. The topological polar surface area (TPSA) is 63.6 Å². The number of nitrogens with one attached hydrogen (secondary N) is 1. The fraction of sp³-hybridized carbons (Fsp3) is 0.200. The van der Waals surface area contributed by atoms with Crippen LogP contribution in [0.1, 0.15) is 5.56 Å². The minimum absolute atomic E-state index is 0.169. The van der Waals surface area contributed by atoms with Gasteiger partial charge in [0.25, 0.3) is 5.95 Å². The van der Waals surface area contributed by atoms with Crippen molar-refractivity contribution in [3.63, 3.8) is 0 Å². The Kier molecular flexibility index (Phi) is 3.09. The van der Waals surface area contributed by atoms with Gasteiger partial charge in [0, 0.05) is 12.6 Å². The molecule has 0 atom stereocenters. The summed E-state index contributed by atoms with van der Waals surface area (Å²) in [5.41, 5.74) is -0.301. The zero-order chi connectivity index (χ0) is 13.2. The Labute approximate surface area is 100 Å². The molecule has 1 heterocycles. The first-order valence-corrected chi connectivity index (χ1v) is 4.93. The minimum atomic E-state index is -4.36. The van der Waals surface area contributed by atoms with Crippen molar-refractivity contribution in [2.75, 3.05) is 12.4 Å². The highest BCUT2D eigenvalue weighted by Crippen LogP contribution is 2.30. The molecule has 94 valence electrons. The maximum atomic E-state index is 12.4. The lowest BCUT2D eigenvalue weighted by Gasteiger charge is -2.06. The largest absolute Gasteiger partial charge is 0.416 e. The van der Waals surface area contributed by atoms with Crippen LogP contribution in [0.3, 0.4) is 0 Å². The van der Waals surface area contributed by atoms with Crippen molar-refractivity contribution in [3.8, 4) is 11.4 Å². The number of rotatable bonds is 2. The van der Waals surface area contributed by atoms with E-state index in [1.807, 2.05) is 0 Å². The summed E-state index contributed by atoms with van der Waals surface area (Å²) in [6.07, 6.45) is -4.36. The van der Waals surface area contributed by atoms with Gasteiger partial charge >= 0.3 is 6.18 Å². The molecular formula is C10H8F3N5. The highest BCUT2D eigenvalue weighted by atomic mass is 19.4. The van der Waals surface area contributed by atoms with Crippen LogP contribution in [0, 0.1) is 0 Å². The average Bonchev–Trinajstić information content (AvgIpc) is 2.38. The molecule has 0 radical (unpaired) electrons. The molecule has 2 rings (SSSR count). The Morgan fingerprint density at radius 2 is 1.50 bits per heavy atom. The van der Waals surface area contributed by atoms with Crippen LogP contribution in [0.15, 0.2) is 24.3 Å². The summed E-state index contributed by atoms with van der Waals surface area (Å²) in [5.74, 6) is 0.411. The molecular weight excluding hydrogens is 247 g/mol. The SMILES string of the molecule is CNc1nnc(-c2ccc(C(F)(F)F)cc2)nn1. The van der Waals surface area contributed by atoms with Gasteiger partial charge in [0.2, 0.25) is 5.82 Å². The van der Waals surface area contributed by atoms with E-state index in [4.69, 9.17) is 0 Å². The standard InChI is InChI=1S/C10H8F3N5/c1-14-9-17-15-8(16-18-9)6-2-4-7(5-3-6)10(11,12)13/h2-5H,1H3,(H,14,17,18). The van der Waals surface area contributed by atoms with Gasteiger partial charge in [-0.05, 0) is 12.1 Å². The van der Waals surface area contributed by atoms with Gasteiger partial charge in [0.1, 0.15) is 0 Å². The number of hydrogen-bond donors (Lipinski definition) is 1. The molecule has 1 aromatic heterocycles. The zero-order valence-electron chi connectivity index (χ0n) is 9.23. The summed E-state index contributed by atoms with van der Waals surface area (Å²) in [6, 6.07) is 4.48. The molecule has 0 aliphatic heterocycles. The van der Waals surface area contributed by atoms with E-state index in [1.165, 1.54) is 12.1 Å². The van der Waals surface area contributed by atoms with Gasteiger partial charge < -0.3 is 5.32 Å². The molecule has 0 aliphatic rings. The quantitative estimate of drug-likeness (QED) is 0.889. The Morgan fingerprint density at radius 3 is 1.94 bits per heavy atom. The second-order valence-electron chi connectivity index (χ2n) is 3.37. The highest BCUT2D eigenvalue weighted by Gasteiger charge is 2.30. The van der Waals surface area contributed by atoms with Crippen LogP contribution in [-0.4, -0.2) is 27.4 Å². The van der Waals surface area contributed by atoms with Crippen molar-refractivity contribution in [1.82, 2.24) is 20.4 Å². The van der Waals surface area contributed by atoms with Gasteiger partial charge in [-0.25, -0.2) is 0 Å². The minimum Gasteiger partial charge on any atom is -0.355 e. The van der Waals surface area contributed by atoms with Crippen molar-refractivity contribution in [2.45, 2.75) is 6.18 Å². The van der Waals surface area contributed by atoms with Gasteiger partial charge in [-0.15, -0.1) is 20.4 Å². The third-order valence-electron chi connectivity index (χ3n) is 2.17. The first-order valence-electron chi connectivity index (χ1n) is 4.93. The first-order chi connectivity index (χ1) is 8.50. The Hall–Kier alpha value is -2.25. The van der Waals surface area contributed by atoms with E-state index >= 15 is 0 Å². The number of nitrogens with zero attached hydrogens (tertiary/aromatic N) is 4. The molecule has 0 fully saturated rings. The molecule has 0 saturated heterocycles. The van der Waals surface area contributed by atoms with Crippen LogP contribution in [-0.2, 0) is 6.18 Å². The van der Waals surface area contributed by atoms with Gasteiger partial charge in [0.05, 0.1) is 5.56 Å². The molecule has 0 spiro atoms. The van der Waals surface area contributed by atoms with Crippen LogP contribution >= 0.6 is 0 Å². The second-order valence-corrected chi connectivity index (χ2v) is 3.37. The lowest BCUT2D eigenvalue weighted by molar-refractivity contribution is -0.137. The van der Waals surface area contributed by atoms with E-state index in [-0.39, 0.29) is 11.8 Å². The Balaban J connectivity index is 2.28. The first kappa shape index (κ1) is 12.2. The molecule has 0 bridgehead atoms. The number of benzene rings is 1. The zero-order valence-corrected chi connectivity index (χ0v) is 9.23. The van der Waals surface area contributed by atoms with Gasteiger partial charge in [-0.2, -0.15) is 13.2 Å². The second kappa shape index (κ2) is 4.55. The Bertz CT molecular complexity index is 521. The summed E-state index contributed by atoms with van der Waals surface area (Å²) in [7, 11) is 1.61. The molecule has 5 nitrogen and oxygen atoms in total. The van der Waals surface area contributed by atoms with E-state index in [2.05, 4.69) is 25.7 Å². The van der Waals surface area contributed by atoms with Crippen LogP contribution in [0.4, 0.5) is 19.1 Å². The number of hydrogen-bond acceptors (Lipinski definition) is 5. The monoisotopic (exact) mass is 255 g/mol. The number of alkyl halides is 3. The number of aromatic nitrogens is 4. The molecule has 18 heavy (non-hydrogen) atoms. The van der Waals surface area contributed by atoms with Gasteiger partial charge in [0.15, 0.2) is 0 Å². The third-order valence-corrected chi connectivity index (χ3v) is 2.17. The van der Waals surface area contributed by atoms with Crippen molar-refractivity contribution < 1.29 is 13.2 Å². The third kappa shape index (κ3) is 2.53. The van der Waals surface area contributed by atoms with Crippen molar-refractivity contribution >= 4 is 5.95 Å². The normalized spacial score (nSPS) is 11.3. The van der Waals surface area contributed by atoms with Crippen LogP contribution in [0.2, 0.25) is 0 Å². The lowest BCUT2D eigenvalue weighted by atomic mass is 10.1. The summed E-state index contributed by atoms with van der Waals surface area (Å²) in [4.78, 5) is 0. The summed E-state index contributed by atoms with van der Waals surface area (Å²) in [5, 5.41) is 17.5. The highest BCUT2D eigenvalue weighted by molar-refractivity contribution is 5.54. The fourth-order valence-corrected chi connectivity index (χ4v) is 1.25. The van der Waals surface area contributed by atoms with E-state index < -0.39 is 11.7 Å². The van der Waals surface area contributed by atoms with Crippen LogP contribution < -0.4 is 5.32 Å². The predicted octanol–water partition coefficient (Wildman–Crippen LogP) is 1.99. The van der Waals surface area contributed by atoms with Gasteiger partial charge in [-0.1, -0.05) is 12.1 Å². The van der Waals surface area contributed by atoms with E-state index in [9.17, 15) is 13.2 Å². The molecule has 8 heteroatoms. The fourth-order valence-electron chi connectivity index (χ4n) is 1.25. The van der Waals surface area contributed by atoms with E-state index in [1.54, 1.807) is 7.05 Å². The molecule has 0 unspecified atom stereocenters. The van der Waals surface area contributed by atoms with Crippen LogP contribution in [0.25, 0.3) is 11.4 Å². The Morgan fingerprint density at radius 1 is 0.944 bits per heavy atom. The number of halogens is 3. The van der Waals surface area contributed by atoms with E-state index in [0.717, 1.165) is 12.1 Å². The summed E-state index contributed by atoms with van der Waals surface area (Å²) >= 11 is 0. The smallest absolute Gasteiger partial charge is 0.355 e. The summed E-state index contributed by atoms with van der Waals surface area (Å²) < 4.78 is 37.1. The molecule has 0 saturated carbocycles. The van der Waals surface area contributed by atoms with Crippen molar-refractivity contribution in [1.29, 1.82) is 0 Å². The molecule has 0 aliphatic carbocycles.